The van der Waals surface area contributed by atoms with Gasteiger partial charge in [-0.15, -0.1) is 0 Å². The van der Waals surface area contributed by atoms with E-state index in [1.165, 1.54) is 24.3 Å². The molecule has 0 saturated heterocycles. The maximum Gasteiger partial charge on any atom is 0.416 e. The molecule has 0 atom stereocenters. The summed E-state index contributed by atoms with van der Waals surface area (Å²) in [7, 11) is 0. The summed E-state index contributed by atoms with van der Waals surface area (Å²) in [5, 5.41) is 12.1. The van der Waals surface area contributed by atoms with Crippen molar-refractivity contribution in [3.8, 4) is 6.07 Å². The second kappa shape index (κ2) is 9.67. The minimum atomic E-state index is -4.57. The Bertz CT molecular complexity index is 1230. The van der Waals surface area contributed by atoms with E-state index in [0.717, 1.165) is 18.2 Å². The standard InChI is InChI=1S/C24H15ClF4N2O/c25-20-8-7-16(9-15-3-1-5-21(26)10-15)17(12-20)11-18(14-30)23(32)31-22-6-2-4-19(13-22)24(27,28)29/h1-8,10-13H,9H2,(H,31,32)/b18-11+. The summed E-state index contributed by atoms with van der Waals surface area (Å²) in [5.74, 6) is -1.27. The summed E-state index contributed by atoms with van der Waals surface area (Å²) in [4.78, 5) is 12.5. The third-order valence-corrected chi connectivity index (χ3v) is 4.74. The number of alkyl halides is 3. The molecule has 1 N–H and O–H groups in total. The van der Waals surface area contributed by atoms with Crippen LogP contribution in [0.15, 0.2) is 72.3 Å². The molecule has 3 nitrogen and oxygen atoms in total. The van der Waals surface area contributed by atoms with Crippen LogP contribution in [0.3, 0.4) is 0 Å². The Morgan fingerprint density at radius 2 is 1.81 bits per heavy atom. The fraction of sp³-hybridized carbons (Fsp3) is 0.0833. The van der Waals surface area contributed by atoms with Crippen LogP contribution in [-0.2, 0) is 17.4 Å². The van der Waals surface area contributed by atoms with Gasteiger partial charge in [-0.3, -0.25) is 4.79 Å². The number of nitrogens with one attached hydrogen (secondary N) is 1. The molecule has 0 aliphatic rings. The van der Waals surface area contributed by atoms with Gasteiger partial charge in [0.15, 0.2) is 0 Å². The Morgan fingerprint density at radius 3 is 2.50 bits per heavy atom. The molecule has 0 bridgehead atoms. The summed E-state index contributed by atoms with van der Waals surface area (Å²) >= 11 is 6.06. The van der Waals surface area contributed by atoms with Crippen molar-refractivity contribution in [1.82, 2.24) is 0 Å². The number of rotatable bonds is 5. The van der Waals surface area contributed by atoms with E-state index >= 15 is 0 Å². The lowest BCUT2D eigenvalue weighted by atomic mass is 9.98. The number of benzene rings is 3. The van der Waals surface area contributed by atoms with Crippen LogP contribution in [0.1, 0.15) is 22.3 Å². The van der Waals surface area contributed by atoms with Crippen molar-refractivity contribution in [2.24, 2.45) is 0 Å². The summed E-state index contributed by atoms with van der Waals surface area (Å²) in [6, 6.07) is 16.7. The van der Waals surface area contributed by atoms with E-state index in [1.54, 1.807) is 36.4 Å². The zero-order valence-corrected chi connectivity index (χ0v) is 17.1. The van der Waals surface area contributed by atoms with Crippen molar-refractivity contribution in [2.45, 2.75) is 12.6 Å². The predicted molar refractivity (Wildman–Crippen MR) is 114 cm³/mol. The number of nitriles is 1. The van der Waals surface area contributed by atoms with Crippen molar-refractivity contribution in [3.63, 3.8) is 0 Å². The third-order valence-electron chi connectivity index (χ3n) is 4.50. The lowest BCUT2D eigenvalue weighted by Crippen LogP contribution is -2.14. The monoisotopic (exact) mass is 458 g/mol. The maximum atomic E-state index is 13.5. The van der Waals surface area contributed by atoms with E-state index in [9.17, 15) is 27.6 Å². The zero-order valence-electron chi connectivity index (χ0n) is 16.4. The molecule has 0 aliphatic heterocycles. The van der Waals surface area contributed by atoms with Gasteiger partial charge in [0.2, 0.25) is 0 Å². The largest absolute Gasteiger partial charge is 0.416 e. The van der Waals surface area contributed by atoms with Crippen LogP contribution in [0.25, 0.3) is 6.08 Å². The number of halogens is 5. The minimum Gasteiger partial charge on any atom is -0.321 e. The molecule has 162 valence electrons. The van der Waals surface area contributed by atoms with Crippen LogP contribution in [0.5, 0.6) is 0 Å². The molecule has 0 fully saturated rings. The fourth-order valence-electron chi connectivity index (χ4n) is 3.00. The summed E-state index contributed by atoms with van der Waals surface area (Å²) in [5.41, 5.74) is 0.457. The molecule has 0 aromatic heterocycles. The molecular weight excluding hydrogens is 444 g/mol. The molecule has 0 heterocycles. The second-order valence-electron chi connectivity index (χ2n) is 6.85. The van der Waals surface area contributed by atoms with Gasteiger partial charge in [0.25, 0.3) is 5.91 Å². The zero-order chi connectivity index (χ0) is 23.3. The van der Waals surface area contributed by atoms with E-state index in [2.05, 4.69) is 5.32 Å². The normalized spacial score (nSPS) is 11.7. The minimum absolute atomic E-state index is 0.1000. The Hall–Kier alpha value is -3.63. The summed E-state index contributed by atoms with van der Waals surface area (Å²) in [6.45, 7) is 0. The molecule has 0 radical (unpaired) electrons. The van der Waals surface area contributed by atoms with Gasteiger partial charge in [-0.1, -0.05) is 35.9 Å². The van der Waals surface area contributed by atoms with Gasteiger partial charge in [0.1, 0.15) is 17.5 Å². The molecule has 0 unspecified atom stereocenters. The van der Waals surface area contributed by atoms with Crippen LogP contribution in [0.4, 0.5) is 23.2 Å². The number of carbonyl (C=O) groups is 1. The molecular formula is C24H15ClF4N2O. The van der Waals surface area contributed by atoms with E-state index in [-0.39, 0.29) is 11.3 Å². The van der Waals surface area contributed by atoms with Crippen molar-refractivity contribution < 1.29 is 22.4 Å². The summed E-state index contributed by atoms with van der Waals surface area (Å²) in [6.07, 6.45) is -2.96. The number of anilines is 1. The topological polar surface area (TPSA) is 52.9 Å². The first-order valence-electron chi connectivity index (χ1n) is 9.29. The molecule has 3 aromatic carbocycles. The number of nitrogens with zero attached hydrogens (tertiary/aromatic N) is 1. The lowest BCUT2D eigenvalue weighted by Gasteiger charge is -2.10. The van der Waals surface area contributed by atoms with E-state index in [4.69, 9.17) is 11.6 Å². The molecule has 1 amide bonds. The first-order chi connectivity index (χ1) is 15.2. The van der Waals surface area contributed by atoms with Gasteiger partial charge in [-0.2, -0.15) is 18.4 Å². The maximum absolute atomic E-state index is 13.5. The molecule has 32 heavy (non-hydrogen) atoms. The van der Waals surface area contributed by atoms with Crippen LogP contribution < -0.4 is 5.32 Å². The lowest BCUT2D eigenvalue weighted by molar-refractivity contribution is -0.137. The van der Waals surface area contributed by atoms with E-state index in [0.29, 0.717) is 28.1 Å². The highest BCUT2D eigenvalue weighted by Gasteiger charge is 2.30. The highest BCUT2D eigenvalue weighted by molar-refractivity contribution is 6.30. The average molecular weight is 459 g/mol. The van der Waals surface area contributed by atoms with Crippen LogP contribution in [0, 0.1) is 17.1 Å². The molecule has 3 aromatic rings. The van der Waals surface area contributed by atoms with Gasteiger partial charge in [0, 0.05) is 10.7 Å². The van der Waals surface area contributed by atoms with Crippen LogP contribution in [0.2, 0.25) is 5.02 Å². The van der Waals surface area contributed by atoms with Crippen molar-refractivity contribution >= 4 is 29.3 Å². The quantitative estimate of drug-likeness (QED) is 0.265. The van der Waals surface area contributed by atoms with Crippen molar-refractivity contribution in [1.29, 1.82) is 5.26 Å². The number of amides is 1. The number of hydrogen-bond donors (Lipinski definition) is 1. The molecule has 3 rings (SSSR count). The van der Waals surface area contributed by atoms with Gasteiger partial charge in [0.05, 0.1) is 5.56 Å². The highest BCUT2D eigenvalue weighted by Crippen LogP contribution is 2.31. The first kappa shape index (κ1) is 23.0. The molecule has 0 saturated carbocycles. The Kier molecular flexibility index (Phi) is 6.96. The molecule has 8 heteroatoms. The first-order valence-corrected chi connectivity index (χ1v) is 9.67. The predicted octanol–water partition coefficient (Wildman–Crippen LogP) is 6.63. The fourth-order valence-corrected chi connectivity index (χ4v) is 3.18. The summed E-state index contributed by atoms with van der Waals surface area (Å²) < 4.78 is 52.2. The Morgan fingerprint density at radius 1 is 1.06 bits per heavy atom. The Balaban J connectivity index is 1.90. The third kappa shape index (κ3) is 5.96. The van der Waals surface area contributed by atoms with E-state index < -0.39 is 23.5 Å². The van der Waals surface area contributed by atoms with E-state index in [1.807, 2.05) is 0 Å². The smallest absolute Gasteiger partial charge is 0.321 e. The van der Waals surface area contributed by atoms with Gasteiger partial charge < -0.3 is 5.32 Å². The highest BCUT2D eigenvalue weighted by atomic mass is 35.5. The van der Waals surface area contributed by atoms with Crippen molar-refractivity contribution in [2.75, 3.05) is 5.32 Å². The molecule has 0 spiro atoms. The number of carbonyl (C=O) groups excluding carboxylic acids is 1. The van der Waals surface area contributed by atoms with Crippen LogP contribution >= 0.6 is 11.6 Å². The van der Waals surface area contributed by atoms with Gasteiger partial charge in [-0.05, 0) is 71.7 Å². The molecule has 0 aliphatic carbocycles. The van der Waals surface area contributed by atoms with Crippen molar-refractivity contribution in [3.05, 3.63) is 105 Å². The second-order valence-corrected chi connectivity index (χ2v) is 7.29. The van der Waals surface area contributed by atoms with Crippen LogP contribution in [-0.4, -0.2) is 5.91 Å². The number of hydrogen-bond acceptors (Lipinski definition) is 2. The average Bonchev–Trinajstić information content (AvgIpc) is 2.73. The SMILES string of the molecule is N#C/C(=C\c1cc(Cl)ccc1Cc1cccc(F)c1)C(=O)Nc1cccc(C(F)(F)F)c1. The van der Waals surface area contributed by atoms with Gasteiger partial charge >= 0.3 is 6.18 Å². The van der Waals surface area contributed by atoms with Gasteiger partial charge in [-0.25, -0.2) is 4.39 Å². The Labute approximate surface area is 186 Å².